The summed E-state index contributed by atoms with van der Waals surface area (Å²) in [6.07, 6.45) is 0. The predicted octanol–water partition coefficient (Wildman–Crippen LogP) is 4.51. The summed E-state index contributed by atoms with van der Waals surface area (Å²) in [5.74, 6) is 1.43. The molecule has 0 saturated carbocycles. The lowest BCUT2D eigenvalue weighted by molar-refractivity contribution is 0.610. The second kappa shape index (κ2) is 6.59. The van der Waals surface area contributed by atoms with Crippen molar-refractivity contribution in [2.45, 2.75) is 44.1 Å². The summed E-state index contributed by atoms with van der Waals surface area (Å²) in [4.78, 5) is 0. The lowest BCUT2D eigenvalue weighted by Crippen LogP contribution is -2.04. The number of hydrogen-bond donors (Lipinski definition) is 0. The van der Waals surface area contributed by atoms with E-state index < -0.39 is 0 Å². The van der Waals surface area contributed by atoms with Gasteiger partial charge in [-0.05, 0) is 19.1 Å². The molecule has 1 heterocycles. The molecule has 0 spiro atoms. The van der Waals surface area contributed by atoms with Crippen LogP contribution in [0.4, 0.5) is 4.39 Å². The normalized spacial score (nSPS) is 11.3. The smallest absolute Gasteiger partial charge is 0.191 e. The Hall–Kier alpha value is -1.07. The fourth-order valence-corrected chi connectivity index (χ4v) is 3.29. The zero-order valence-corrected chi connectivity index (χ0v) is 13.3. The Bertz CT molecular complexity index is 578. The van der Waals surface area contributed by atoms with E-state index in [0.717, 1.165) is 17.5 Å². The molecule has 2 rings (SSSR count). The Labute approximate surface area is 127 Å². The van der Waals surface area contributed by atoms with Gasteiger partial charge in [0.2, 0.25) is 0 Å². The van der Waals surface area contributed by atoms with Crippen LogP contribution in [0.5, 0.6) is 0 Å². The summed E-state index contributed by atoms with van der Waals surface area (Å²) in [5, 5.41) is 9.65. The predicted molar refractivity (Wildman–Crippen MR) is 80.8 cm³/mol. The number of aromatic nitrogens is 3. The number of halogens is 2. The zero-order chi connectivity index (χ0) is 14.7. The van der Waals surface area contributed by atoms with E-state index in [9.17, 15) is 4.39 Å². The quantitative estimate of drug-likeness (QED) is 0.761. The maximum atomic E-state index is 13.7. The first-order valence-electron chi connectivity index (χ1n) is 6.53. The van der Waals surface area contributed by atoms with Crippen LogP contribution >= 0.6 is 23.4 Å². The van der Waals surface area contributed by atoms with Crippen molar-refractivity contribution in [3.8, 4) is 0 Å². The van der Waals surface area contributed by atoms with E-state index in [0.29, 0.717) is 22.3 Å². The van der Waals surface area contributed by atoms with E-state index in [1.165, 1.54) is 17.8 Å². The number of nitrogens with zero attached hydrogens (tertiary/aromatic N) is 3. The number of benzene rings is 1. The van der Waals surface area contributed by atoms with E-state index in [4.69, 9.17) is 11.6 Å². The first kappa shape index (κ1) is 15.3. The fraction of sp³-hybridized carbons (Fsp3) is 0.429. The van der Waals surface area contributed by atoms with E-state index in [1.807, 2.05) is 0 Å². The molecule has 1 aromatic carbocycles. The first-order chi connectivity index (χ1) is 9.54. The molecule has 0 aliphatic heterocycles. The Kier molecular flexibility index (Phi) is 5.05. The van der Waals surface area contributed by atoms with E-state index >= 15 is 0 Å². The van der Waals surface area contributed by atoms with Gasteiger partial charge < -0.3 is 4.57 Å². The van der Waals surface area contributed by atoms with Crippen molar-refractivity contribution in [2.75, 3.05) is 0 Å². The van der Waals surface area contributed by atoms with Crippen molar-refractivity contribution < 1.29 is 4.39 Å². The highest BCUT2D eigenvalue weighted by molar-refractivity contribution is 7.98. The van der Waals surface area contributed by atoms with Crippen molar-refractivity contribution in [3.05, 3.63) is 40.4 Å². The molecule has 0 aliphatic carbocycles. The van der Waals surface area contributed by atoms with Crippen LogP contribution in [0.25, 0.3) is 0 Å². The Morgan fingerprint density at radius 3 is 2.70 bits per heavy atom. The molecule has 3 nitrogen and oxygen atoms in total. The van der Waals surface area contributed by atoms with Crippen molar-refractivity contribution >= 4 is 23.4 Å². The highest BCUT2D eigenvalue weighted by atomic mass is 35.5. The number of hydrogen-bond acceptors (Lipinski definition) is 3. The molecule has 0 aliphatic rings. The summed E-state index contributed by atoms with van der Waals surface area (Å²) in [7, 11) is 0. The summed E-state index contributed by atoms with van der Waals surface area (Å²) < 4.78 is 15.8. The van der Waals surface area contributed by atoms with Gasteiger partial charge in [-0.1, -0.05) is 43.3 Å². The lowest BCUT2D eigenvalue weighted by Gasteiger charge is -2.09. The summed E-state index contributed by atoms with van der Waals surface area (Å²) >= 11 is 7.49. The molecule has 1 aromatic heterocycles. The van der Waals surface area contributed by atoms with Gasteiger partial charge in [0.25, 0.3) is 0 Å². The van der Waals surface area contributed by atoms with Gasteiger partial charge in [-0.3, -0.25) is 0 Å². The van der Waals surface area contributed by atoms with E-state index in [1.54, 1.807) is 12.1 Å². The topological polar surface area (TPSA) is 30.7 Å². The minimum atomic E-state index is -0.281. The molecule has 0 saturated heterocycles. The van der Waals surface area contributed by atoms with Crippen LogP contribution in [0, 0.1) is 5.82 Å². The van der Waals surface area contributed by atoms with Gasteiger partial charge >= 0.3 is 0 Å². The molecular weight excluding hydrogens is 297 g/mol. The maximum Gasteiger partial charge on any atom is 0.191 e. The largest absolute Gasteiger partial charge is 0.306 e. The standard InChI is InChI=1S/C14H17ClFN3S/c1-4-19-13(9(2)3)17-18-14(19)20-8-10-11(15)6-5-7-12(10)16/h5-7,9H,4,8H2,1-3H3. The zero-order valence-electron chi connectivity index (χ0n) is 11.7. The maximum absolute atomic E-state index is 13.7. The fourth-order valence-electron chi connectivity index (χ4n) is 1.94. The molecule has 0 amide bonds. The molecule has 20 heavy (non-hydrogen) atoms. The molecule has 108 valence electrons. The Morgan fingerprint density at radius 1 is 1.35 bits per heavy atom. The Balaban J connectivity index is 2.19. The summed E-state index contributed by atoms with van der Waals surface area (Å²) in [6, 6.07) is 4.73. The third-order valence-corrected chi connectivity index (χ3v) is 4.33. The van der Waals surface area contributed by atoms with Crippen LogP contribution in [0.15, 0.2) is 23.4 Å². The highest BCUT2D eigenvalue weighted by Gasteiger charge is 2.15. The minimum Gasteiger partial charge on any atom is -0.306 e. The number of thioether (sulfide) groups is 1. The monoisotopic (exact) mass is 313 g/mol. The Morgan fingerprint density at radius 2 is 2.10 bits per heavy atom. The van der Waals surface area contributed by atoms with Gasteiger partial charge in [0, 0.05) is 28.8 Å². The molecule has 0 radical (unpaired) electrons. The van der Waals surface area contributed by atoms with Crippen LogP contribution < -0.4 is 0 Å². The van der Waals surface area contributed by atoms with Crippen LogP contribution in [0.2, 0.25) is 5.02 Å². The second-order valence-electron chi connectivity index (χ2n) is 4.73. The van der Waals surface area contributed by atoms with E-state index in [-0.39, 0.29) is 5.82 Å². The van der Waals surface area contributed by atoms with Gasteiger partial charge in [-0.15, -0.1) is 10.2 Å². The van der Waals surface area contributed by atoms with Crippen LogP contribution in [0.3, 0.4) is 0 Å². The molecule has 0 N–H and O–H groups in total. The van der Waals surface area contributed by atoms with Gasteiger partial charge in [0.1, 0.15) is 11.6 Å². The van der Waals surface area contributed by atoms with E-state index in [2.05, 4.69) is 35.5 Å². The summed E-state index contributed by atoms with van der Waals surface area (Å²) in [6.45, 7) is 7.01. The van der Waals surface area contributed by atoms with Gasteiger partial charge in [-0.2, -0.15) is 0 Å². The van der Waals surface area contributed by atoms with Gasteiger partial charge in [0.05, 0.1) is 0 Å². The SMILES string of the molecule is CCn1c(SCc2c(F)cccc2Cl)nnc1C(C)C. The average molecular weight is 314 g/mol. The molecule has 0 atom stereocenters. The van der Waals surface area contributed by atoms with Crippen molar-refractivity contribution in [1.29, 1.82) is 0 Å². The molecule has 0 bridgehead atoms. The van der Waals surface area contributed by atoms with Gasteiger partial charge in [-0.25, -0.2) is 4.39 Å². The molecule has 0 fully saturated rings. The highest BCUT2D eigenvalue weighted by Crippen LogP contribution is 2.28. The lowest BCUT2D eigenvalue weighted by atomic mass is 10.2. The minimum absolute atomic E-state index is 0.281. The van der Waals surface area contributed by atoms with Gasteiger partial charge in [0.15, 0.2) is 5.16 Å². The van der Waals surface area contributed by atoms with Crippen LogP contribution in [-0.4, -0.2) is 14.8 Å². The van der Waals surface area contributed by atoms with Crippen LogP contribution in [-0.2, 0) is 12.3 Å². The van der Waals surface area contributed by atoms with Crippen molar-refractivity contribution in [3.63, 3.8) is 0 Å². The third-order valence-electron chi connectivity index (χ3n) is 2.99. The second-order valence-corrected chi connectivity index (χ2v) is 6.08. The molecule has 2 aromatic rings. The molecular formula is C14H17ClFN3S. The van der Waals surface area contributed by atoms with Crippen LogP contribution in [0.1, 0.15) is 38.1 Å². The first-order valence-corrected chi connectivity index (χ1v) is 7.89. The third kappa shape index (κ3) is 3.15. The average Bonchev–Trinajstić information content (AvgIpc) is 2.81. The summed E-state index contributed by atoms with van der Waals surface area (Å²) in [5.41, 5.74) is 0.510. The number of rotatable bonds is 5. The molecule has 0 unspecified atom stereocenters. The molecule has 6 heteroatoms. The van der Waals surface area contributed by atoms with Crippen molar-refractivity contribution in [2.24, 2.45) is 0 Å². The van der Waals surface area contributed by atoms with Crippen molar-refractivity contribution in [1.82, 2.24) is 14.8 Å².